The number of nitrogens with one attached hydrogen (secondary N) is 2. The van der Waals surface area contributed by atoms with E-state index in [1.165, 1.54) is 11.5 Å². The largest absolute Gasteiger partial charge is 0.480 e. The maximum absolute atomic E-state index is 11.9. The number of aliphatic carboxylic acids is 1. The average molecular weight is 305 g/mol. The first kappa shape index (κ1) is 15.5. The number of fused-ring (bicyclic) bond motifs is 1. The number of carboxylic acids is 1. The lowest BCUT2D eigenvalue weighted by molar-refractivity contribution is -0.141. The van der Waals surface area contributed by atoms with E-state index in [4.69, 9.17) is 5.11 Å². The topological polar surface area (TPSA) is 121 Å². The number of H-pyrrole nitrogens is 1. The van der Waals surface area contributed by atoms with Gasteiger partial charge in [-0.25, -0.2) is 4.79 Å². The van der Waals surface area contributed by atoms with Gasteiger partial charge < -0.3 is 10.4 Å². The van der Waals surface area contributed by atoms with E-state index in [1.807, 2.05) is 0 Å². The number of aromatic amines is 1. The molecule has 8 nitrogen and oxygen atoms in total. The minimum absolute atomic E-state index is 0.0360. The number of hydrogen-bond acceptors (Lipinski definition) is 4. The fraction of sp³-hybridized carbons (Fsp3) is 0.286. The van der Waals surface area contributed by atoms with Gasteiger partial charge in [-0.15, -0.1) is 0 Å². The van der Waals surface area contributed by atoms with Crippen molar-refractivity contribution in [3.63, 3.8) is 0 Å². The first-order valence-corrected chi connectivity index (χ1v) is 6.64. The van der Waals surface area contributed by atoms with Crippen LogP contribution in [-0.2, 0) is 16.1 Å². The zero-order valence-corrected chi connectivity index (χ0v) is 11.8. The fourth-order valence-electron chi connectivity index (χ4n) is 2.05. The molecule has 1 aromatic carbocycles. The summed E-state index contributed by atoms with van der Waals surface area (Å²) in [5, 5.41) is 11.4. The summed E-state index contributed by atoms with van der Waals surface area (Å²) in [5.74, 6) is -1.63. The molecule has 0 radical (unpaired) electrons. The van der Waals surface area contributed by atoms with Crippen molar-refractivity contribution in [3.8, 4) is 0 Å². The number of para-hydroxylation sites is 1. The van der Waals surface area contributed by atoms with Crippen LogP contribution in [-0.4, -0.2) is 32.6 Å². The van der Waals surface area contributed by atoms with Crippen LogP contribution in [0.3, 0.4) is 0 Å². The maximum Gasteiger partial charge on any atom is 0.328 e. The van der Waals surface area contributed by atoms with Crippen molar-refractivity contribution in [1.82, 2.24) is 14.9 Å². The minimum atomic E-state index is -1.14. The van der Waals surface area contributed by atoms with E-state index < -0.39 is 29.2 Å². The molecule has 0 aliphatic rings. The number of nitrogens with zero attached hydrogens (tertiary/aromatic N) is 1. The van der Waals surface area contributed by atoms with Crippen LogP contribution in [0.2, 0.25) is 0 Å². The number of hydrogen-bond donors (Lipinski definition) is 3. The van der Waals surface area contributed by atoms with Crippen LogP contribution in [0.4, 0.5) is 0 Å². The molecule has 1 atom stereocenters. The van der Waals surface area contributed by atoms with E-state index in [-0.39, 0.29) is 13.0 Å². The van der Waals surface area contributed by atoms with Gasteiger partial charge in [-0.3, -0.25) is 23.9 Å². The number of rotatable bonds is 5. The van der Waals surface area contributed by atoms with Crippen LogP contribution >= 0.6 is 0 Å². The molecule has 116 valence electrons. The number of carboxylic acid groups (broad SMARTS) is 1. The predicted octanol–water partition coefficient (Wildman–Crippen LogP) is -0.331. The summed E-state index contributed by atoms with van der Waals surface area (Å²) in [4.78, 5) is 48.1. The van der Waals surface area contributed by atoms with Gasteiger partial charge in [0.05, 0.1) is 10.9 Å². The van der Waals surface area contributed by atoms with Gasteiger partial charge in [-0.2, -0.15) is 0 Å². The Bertz CT molecular complexity index is 836. The number of amides is 1. The number of carbonyl (C=O) groups is 2. The van der Waals surface area contributed by atoms with Crippen molar-refractivity contribution < 1.29 is 14.7 Å². The van der Waals surface area contributed by atoms with Gasteiger partial charge in [0.25, 0.3) is 5.56 Å². The lowest BCUT2D eigenvalue weighted by atomic mass is 10.2. The normalized spacial score (nSPS) is 12.0. The summed E-state index contributed by atoms with van der Waals surface area (Å²) < 4.78 is 1.28. The Labute approximate surface area is 124 Å². The van der Waals surface area contributed by atoms with E-state index in [9.17, 15) is 19.2 Å². The van der Waals surface area contributed by atoms with Gasteiger partial charge in [0.15, 0.2) is 0 Å². The zero-order chi connectivity index (χ0) is 16.3. The molecule has 2 rings (SSSR count). The molecule has 1 amide bonds. The molecule has 0 aliphatic carbocycles. The molecule has 0 fully saturated rings. The molecule has 8 heteroatoms. The molecule has 1 aromatic heterocycles. The quantitative estimate of drug-likeness (QED) is 0.698. The highest BCUT2D eigenvalue weighted by Gasteiger charge is 2.14. The second-order valence-electron chi connectivity index (χ2n) is 4.81. The summed E-state index contributed by atoms with van der Waals surface area (Å²) in [6.45, 7) is 1.39. The summed E-state index contributed by atoms with van der Waals surface area (Å²) in [6.07, 6.45) is -0.0758. The second kappa shape index (κ2) is 6.25. The van der Waals surface area contributed by atoms with Crippen LogP contribution in [0.15, 0.2) is 33.9 Å². The lowest BCUT2D eigenvalue weighted by Gasteiger charge is -2.11. The van der Waals surface area contributed by atoms with Crippen LogP contribution in [0.25, 0.3) is 10.9 Å². The molecular weight excluding hydrogens is 290 g/mol. The van der Waals surface area contributed by atoms with Crippen LogP contribution < -0.4 is 16.6 Å². The van der Waals surface area contributed by atoms with Gasteiger partial charge in [0, 0.05) is 13.0 Å². The number of aryl methyl sites for hydroxylation is 1. The van der Waals surface area contributed by atoms with Crippen molar-refractivity contribution in [1.29, 1.82) is 0 Å². The van der Waals surface area contributed by atoms with E-state index in [0.717, 1.165) is 0 Å². The second-order valence-corrected chi connectivity index (χ2v) is 4.81. The van der Waals surface area contributed by atoms with Crippen molar-refractivity contribution in [2.75, 3.05) is 0 Å². The summed E-state index contributed by atoms with van der Waals surface area (Å²) in [5.41, 5.74) is -0.668. The first-order chi connectivity index (χ1) is 10.4. The highest BCUT2D eigenvalue weighted by atomic mass is 16.4. The zero-order valence-electron chi connectivity index (χ0n) is 11.8. The highest BCUT2D eigenvalue weighted by Crippen LogP contribution is 2.07. The molecule has 3 N–H and O–H groups in total. The molecule has 0 aliphatic heterocycles. The van der Waals surface area contributed by atoms with Crippen molar-refractivity contribution in [3.05, 3.63) is 45.1 Å². The SMILES string of the molecule is C[C@@H](NC(=O)CCn1c(=O)[nH]c(=O)c2ccccc21)C(=O)O. The van der Waals surface area contributed by atoms with Gasteiger partial charge in [0.1, 0.15) is 6.04 Å². The molecule has 0 saturated carbocycles. The molecule has 1 heterocycles. The molecule has 0 saturated heterocycles. The molecular formula is C14H15N3O5. The highest BCUT2D eigenvalue weighted by molar-refractivity contribution is 5.83. The van der Waals surface area contributed by atoms with Gasteiger partial charge in [0.2, 0.25) is 5.91 Å². The Morgan fingerprint density at radius 3 is 2.68 bits per heavy atom. The Morgan fingerprint density at radius 1 is 1.32 bits per heavy atom. The number of aromatic nitrogens is 2. The molecule has 0 unspecified atom stereocenters. The summed E-state index contributed by atoms with van der Waals surface area (Å²) in [7, 11) is 0. The first-order valence-electron chi connectivity index (χ1n) is 6.64. The van der Waals surface area contributed by atoms with Gasteiger partial charge in [-0.1, -0.05) is 12.1 Å². The molecule has 22 heavy (non-hydrogen) atoms. The Kier molecular flexibility index (Phi) is 4.40. The molecule has 0 bridgehead atoms. The Hall–Kier alpha value is -2.90. The van der Waals surface area contributed by atoms with Crippen LogP contribution in [0.1, 0.15) is 13.3 Å². The van der Waals surface area contributed by atoms with Crippen LogP contribution in [0, 0.1) is 0 Å². The Balaban J connectivity index is 2.22. The van der Waals surface area contributed by atoms with E-state index >= 15 is 0 Å². The summed E-state index contributed by atoms with van der Waals surface area (Å²) >= 11 is 0. The maximum atomic E-state index is 11.9. The van der Waals surface area contributed by atoms with E-state index in [2.05, 4.69) is 10.3 Å². The van der Waals surface area contributed by atoms with Crippen molar-refractivity contribution in [2.24, 2.45) is 0 Å². The van der Waals surface area contributed by atoms with Crippen LogP contribution in [0.5, 0.6) is 0 Å². The third-order valence-corrected chi connectivity index (χ3v) is 3.22. The lowest BCUT2D eigenvalue weighted by Crippen LogP contribution is -2.39. The standard InChI is InChI=1S/C14H15N3O5/c1-8(13(20)21)15-11(18)6-7-17-10-5-3-2-4-9(10)12(19)16-14(17)22/h2-5,8H,6-7H2,1H3,(H,15,18)(H,20,21)(H,16,19,22)/t8-/m1/s1. The number of carbonyl (C=O) groups excluding carboxylic acids is 1. The smallest absolute Gasteiger partial charge is 0.328 e. The van der Waals surface area contributed by atoms with Gasteiger partial charge in [-0.05, 0) is 19.1 Å². The predicted molar refractivity (Wildman–Crippen MR) is 78.7 cm³/mol. The Morgan fingerprint density at radius 2 is 2.00 bits per heavy atom. The fourth-order valence-corrected chi connectivity index (χ4v) is 2.05. The van der Waals surface area contributed by atoms with Crippen molar-refractivity contribution in [2.45, 2.75) is 25.9 Å². The minimum Gasteiger partial charge on any atom is -0.480 e. The number of benzene rings is 1. The molecule has 2 aromatic rings. The third kappa shape index (κ3) is 3.22. The third-order valence-electron chi connectivity index (χ3n) is 3.22. The van der Waals surface area contributed by atoms with Gasteiger partial charge >= 0.3 is 11.7 Å². The average Bonchev–Trinajstić information content (AvgIpc) is 2.46. The van der Waals surface area contributed by atoms with E-state index in [1.54, 1.807) is 24.3 Å². The van der Waals surface area contributed by atoms with E-state index in [0.29, 0.717) is 10.9 Å². The van der Waals surface area contributed by atoms with Crippen molar-refractivity contribution >= 4 is 22.8 Å². The monoisotopic (exact) mass is 305 g/mol. The summed E-state index contributed by atoms with van der Waals surface area (Å²) in [6, 6.07) is 5.55. The molecule has 0 spiro atoms.